The Morgan fingerprint density at radius 1 is 1.18 bits per heavy atom. The van der Waals surface area contributed by atoms with Gasteiger partial charge in [-0.15, -0.1) is 10.2 Å². The monoisotopic (exact) mass is 386 g/mol. The Bertz CT molecular complexity index is 721. The molecule has 28 heavy (non-hydrogen) atoms. The van der Waals surface area contributed by atoms with Gasteiger partial charge in [-0.3, -0.25) is 9.39 Å². The molecule has 3 rings (SSSR count). The third-order valence-corrected chi connectivity index (χ3v) is 5.11. The zero-order chi connectivity index (χ0) is 19.4. The average molecular weight is 387 g/mol. The maximum absolute atomic E-state index is 6.04. The molecule has 1 aliphatic rings. The number of aryl methyl sites for hydroxylation is 1. The largest absolute Gasteiger partial charge is 0.376 e. The molecule has 2 heterocycles. The minimum atomic E-state index is 0.446. The van der Waals surface area contributed by atoms with Crippen molar-refractivity contribution in [3.63, 3.8) is 0 Å². The predicted octanol–water partition coefficient (Wildman–Crippen LogP) is 2.96. The Hall–Kier alpha value is -2.15. The quantitative estimate of drug-likeness (QED) is 0.300. The zero-order valence-corrected chi connectivity index (χ0v) is 17.1. The highest BCUT2D eigenvalue weighted by Crippen LogP contribution is 2.19. The second-order valence-corrected chi connectivity index (χ2v) is 7.32. The Labute approximate surface area is 168 Å². The molecule has 0 spiro atoms. The van der Waals surface area contributed by atoms with Crippen LogP contribution in [0.15, 0.2) is 29.4 Å². The van der Waals surface area contributed by atoms with E-state index < -0.39 is 0 Å². The SMILES string of the molecule is CCNC(=NCCCc1nnc2ccccn12)NCCOC1CCCCCC1. The molecule has 7 heteroatoms. The molecule has 1 saturated carbocycles. The Morgan fingerprint density at radius 2 is 2.04 bits per heavy atom. The summed E-state index contributed by atoms with van der Waals surface area (Å²) in [6.45, 7) is 5.21. The maximum atomic E-state index is 6.04. The Morgan fingerprint density at radius 3 is 2.86 bits per heavy atom. The van der Waals surface area contributed by atoms with Crippen LogP contribution in [0.1, 0.15) is 57.7 Å². The lowest BCUT2D eigenvalue weighted by atomic mass is 10.1. The number of nitrogens with zero attached hydrogens (tertiary/aromatic N) is 4. The molecule has 0 unspecified atom stereocenters. The van der Waals surface area contributed by atoms with Gasteiger partial charge in [0, 0.05) is 32.3 Å². The smallest absolute Gasteiger partial charge is 0.191 e. The molecular weight excluding hydrogens is 352 g/mol. The fourth-order valence-corrected chi connectivity index (χ4v) is 3.63. The van der Waals surface area contributed by atoms with Gasteiger partial charge in [-0.05, 0) is 38.3 Å². The molecule has 0 aliphatic heterocycles. The number of fused-ring (bicyclic) bond motifs is 1. The van der Waals surface area contributed by atoms with Crippen LogP contribution in [0.3, 0.4) is 0 Å². The van der Waals surface area contributed by atoms with Crippen molar-refractivity contribution in [2.24, 2.45) is 4.99 Å². The molecule has 0 amide bonds. The molecule has 154 valence electrons. The first-order valence-electron chi connectivity index (χ1n) is 10.8. The van der Waals surface area contributed by atoms with Crippen LogP contribution in [-0.4, -0.2) is 52.9 Å². The fourth-order valence-electron chi connectivity index (χ4n) is 3.63. The number of ether oxygens (including phenoxy) is 1. The summed E-state index contributed by atoms with van der Waals surface area (Å²) in [4.78, 5) is 4.67. The molecule has 0 atom stereocenters. The summed E-state index contributed by atoms with van der Waals surface area (Å²) in [5, 5.41) is 15.2. The number of hydrogen-bond acceptors (Lipinski definition) is 4. The summed E-state index contributed by atoms with van der Waals surface area (Å²) >= 11 is 0. The molecule has 1 fully saturated rings. The molecule has 2 aromatic heterocycles. The van der Waals surface area contributed by atoms with Crippen LogP contribution in [0.25, 0.3) is 5.65 Å². The van der Waals surface area contributed by atoms with Crippen molar-refractivity contribution >= 4 is 11.6 Å². The standard InChI is InChI=1S/C21H34N6O/c1-2-22-21(24-15-17-28-18-10-5-3-4-6-11-18)23-14-9-13-20-26-25-19-12-7-8-16-27(19)20/h7-8,12,16,18H,2-6,9-11,13-15,17H2,1H3,(H2,22,23,24). The van der Waals surface area contributed by atoms with Crippen LogP contribution in [0.5, 0.6) is 0 Å². The summed E-state index contributed by atoms with van der Waals surface area (Å²) in [6, 6.07) is 5.95. The first kappa shape index (κ1) is 20.6. The highest BCUT2D eigenvalue weighted by atomic mass is 16.5. The molecular formula is C21H34N6O. The second-order valence-electron chi connectivity index (χ2n) is 7.32. The number of pyridine rings is 1. The minimum Gasteiger partial charge on any atom is -0.376 e. The van der Waals surface area contributed by atoms with Crippen LogP contribution in [0.2, 0.25) is 0 Å². The van der Waals surface area contributed by atoms with Gasteiger partial charge in [0.05, 0.1) is 12.7 Å². The van der Waals surface area contributed by atoms with E-state index in [1.165, 1.54) is 38.5 Å². The van der Waals surface area contributed by atoms with Gasteiger partial charge in [0.1, 0.15) is 5.82 Å². The summed E-state index contributed by atoms with van der Waals surface area (Å²) in [5.41, 5.74) is 0.893. The van der Waals surface area contributed by atoms with E-state index in [9.17, 15) is 0 Å². The Balaban J connectivity index is 1.37. The van der Waals surface area contributed by atoms with Crippen molar-refractivity contribution < 1.29 is 4.74 Å². The molecule has 0 radical (unpaired) electrons. The van der Waals surface area contributed by atoms with E-state index in [0.29, 0.717) is 6.10 Å². The number of aromatic nitrogens is 3. The van der Waals surface area contributed by atoms with Crippen molar-refractivity contribution in [1.82, 2.24) is 25.2 Å². The van der Waals surface area contributed by atoms with Gasteiger partial charge in [-0.25, -0.2) is 0 Å². The van der Waals surface area contributed by atoms with Crippen LogP contribution in [0, 0.1) is 0 Å². The van der Waals surface area contributed by atoms with E-state index in [1.54, 1.807) is 0 Å². The van der Waals surface area contributed by atoms with Crippen molar-refractivity contribution in [2.45, 2.75) is 64.4 Å². The van der Waals surface area contributed by atoms with Crippen molar-refractivity contribution in [3.05, 3.63) is 30.2 Å². The fraction of sp³-hybridized carbons (Fsp3) is 0.667. The maximum Gasteiger partial charge on any atom is 0.191 e. The summed E-state index contributed by atoms with van der Waals surface area (Å²) in [7, 11) is 0. The zero-order valence-electron chi connectivity index (χ0n) is 17.1. The number of rotatable bonds is 9. The van der Waals surface area contributed by atoms with Gasteiger partial charge < -0.3 is 15.4 Å². The van der Waals surface area contributed by atoms with Gasteiger partial charge >= 0.3 is 0 Å². The van der Waals surface area contributed by atoms with E-state index in [2.05, 4.69) is 32.7 Å². The first-order valence-corrected chi connectivity index (χ1v) is 10.8. The van der Waals surface area contributed by atoms with Crippen LogP contribution < -0.4 is 10.6 Å². The van der Waals surface area contributed by atoms with Gasteiger partial charge in [0.15, 0.2) is 11.6 Å². The molecule has 2 aromatic rings. The highest BCUT2D eigenvalue weighted by Gasteiger charge is 2.12. The van der Waals surface area contributed by atoms with Crippen LogP contribution in [-0.2, 0) is 11.2 Å². The van der Waals surface area contributed by atoms with Crippen LogP contribution >= 0.6 is 0 Å². The minimum absolute atomic E-state index is 0.446. The summed E-state index contributed by atoms with van der Waals surface area (Å²) in [5.74, 6) is 1.85. The third kappa shape index (κ3) is 6.48. The first-order chi connectivity index (χ1) is 13.9. The number of nitrogens with one attached hydrogen (secondary N) is 2. The number of aliphatic imine (C=N–C) groups is 1. The van der Waals surface area contributed by atoms with Gasteiger partial charge in [-0.2, -0.15) is 0 Å². The normalized spacial score (nSPS) is 16.2. The third-order valence-electron chi connectivity index (χ3n) is 5.11. The highest BCUT2D eigenvalue weighted by molar-refractivity contribution is 5.79. The average Bonchev–Trinajstić information content (AvgIpc) is 2.94. The van der Waals surface area contributed by atoms with Gasteiger partial charge in [0.25, 0.3) is 0 Å². The van der Waals surface area contributed by atoms with E-state index >= 15 is 0 Å². The van der Waals surface area contributed by atoms with E-state index in [0.717, 1.165) is 56.5 Å². The topological polar surface area (TPSA) is 75.8 Å². The lowest BCUT2D eigenvalue weighted by Gasteiger charge is -2.16. The molecule has 0 bridgehead atoms. The molecule has 2 N–H and O–H groups in total. The molecule has 1 aliphatic carbocycles. The van der Waals surface area contributed by atoms with Gasteiger partial charge in [-0.1, -0.05) is 31.7 Å². The van der Waals surface area contributed by atoms with E-state index in [-0.39, 0.29) is 0 Å². The molecule has 7 nitrogen and oxygen atoms in total. The van der Waals surface area contributed by atoms with Crippen LogP contribution in [0.4, 0.5) is 0 Å². The van der Waals surface area contributed by atoms with E-state index in [1.807, 2.05) is 28.8 Å². The van der Waals surface area contributed by atoms with Crippen molar-refractivity contribution in [2.75, 3.05) is 26.2 Å². The lowest BCUT2D eigenvalue weighted by molar-refractivity contribution is 0.0468. The Kier molecular flexibility index (Phi) is 8.55. The lowest BCUT2D eigenvalue weighted by Crippen LogP contribution is -2.39. The van der Waals surface area contributed by atoms with Crippen molar-refractivity contribution in [3.8, 4) is 0 Å². The van der Waals surface area contributed by atoms with E-state index in [4.69, 9.17) is 4.74 Å². The summed E-state index contributed by atoms with van der Waals surface area (Å²) in [6.07, 6.45) is 12.0. The molecule has 0 aromatic carbocycles. The molecule has 0 saturated heterocycles. The number of guanidine groups is 1. The second kappa shape index (κ2) is 11.6. The van der Waals surface area contributed by atoms with Gasteiger partial charge in [0.2, 0.25) is 0 Å². The number of hydrogen-bond donors (Lipinski definition) is 2. The predicted molar refractivity (Wildman–Crippen MR) is 113 cm³/mol. The van der Waals surface area contributed by atoms with Crippen molar-refractivity contribution in [1.29, 1.82) is 0 Å². The summed E-state index contributed by atoms with van der Waals surface area (Å²) < 4.78 is 8.08.